The quantitative estimate of drug-likeness (QED) is 0.757. The Balaban J connectivity index is 2.10. The predicted molar refractivity (Wildman–Crippen MR) is 64.7 cm³/mol. The third-order valence-electron chi connectivity index (χ3n) is 4.54. The number of nitrogens with zero attached hydrogens (tertiary/aromatic N) is 1. The molecule has 1 saturated heterocycles. The van der Waals surface area contributed by atoms with Crippen molar-refractivity contribution >= 4 is 0 Å². The molecule has 2 fully saturated rings. The van der Waals surface area contributed by atoms with Crippen molar-refractivity contribution < 1.29 is 0 Å². The number of rotatable bonds is 2. The predicted octanol–water partition coefficient (Wildman–Crippen LogP) is 2.23. The van der Waals surface area contributed by atoms with E-state index in [1.807, 2.05) is 0 Å². The first-order valence-electron chi connectivity index (χ1n) is 6.61. The average Bonchev–Trinajstić information content (AvgIpc) is 2.17. The fourth-order valence-corrected chi connectivity index (χ4v) is 3.65. The smallest absolute Gasteiger partial charge is 0.0143 e. The molecule has 1 aliphatic carbocycles. The Labute approximate surface area is 94.2 Å². The van der Waals surface area contributed by atoms with Crippen LogP contribution in [-0.2, 0) is 0 Å². The standard InChI is InChI=1S/C13H26N2/c1-9(2)15-7-6-11-4-5-12(10(3)14)13(15)8-11/h9-13H,4-8,14H2,1-3H3. The molecule has 4 atom stereocenters. The van der Waals surface area contributed by atoms with Crippen LogP contribution in [0.25, 0.3) is 0 Å². The van der Waals surface area contributed by atoms with E-state index in [-0.39, 0.29) is 0 Å². The van der Waals surface area contributed by atoms with E-state index in [2.05, 4.69) is 25.7 Å². The first-order valence-corrected chi connectivity index (χ1v) is 6.61. The highest BCUT2D eigenvalue weighted by Crippen LogP contribution is 2.39. The van der Waals surface area contributed by atoms with Gasteiger partial charge < -0.3 is 5.73 Å². The van der Waals surface area contributed by atoms with Crippen LogP contribution in [-0.4, -0.2) is 29.6 Å². The summed E-state index contributed by atoms with van der Waals surface area (Å²) >= 11 is 0. The summed E-state index contributed by atoms with van der Waals surface area (Å²) in [6.45, 7) is 8.15. The Kier molecular flexibility index (Phi) is 3.36. The van der Waals surface area contributed by atoms with Crippen LogP contribution in [0.1, 0.15) is 46.5 Å². The molecule has 2 N–H and O–H groups in total. The lowest BCUT2D eigenvalue weighted by Crippen LogP contribution is -2.55. The molecular weight excluding hydrogens is 184 g/mol. The Bertz CT molecular complexity index is 193. The molecule has 0 aromatic rings. The van der Waals surface area contributed by atoms with E-state index < -0.39 is 0 Å². The van der Waals surface area contributed by atoms with Crippen LogP contribution in [0, 0.1) is 11.8 Å². The molecular formula is C13H26N2. The van der Waals surface area contributed by atoms with Gasteiger partial charge in [0.05, 0.1) is 0 Å². The number of likely N-dealkylation sites (tertiary alicyclic amines) is 1. The summed E-state index contributed by atoms with van der Waals surface area (Å²) in [5.41, 5.74) is 6.14. The van der Waals surface area contributed by atoms with Crippen LogP contribution in [0.15, 0.2) is 0 Å². The Hall–Kier alpha value is -0.0800. The second-order valence-electron chi connectivity index (χ2n) is 5.89. The maximum atomic E-state index is 6.14. The Morgan fingerprint density at radius 2 is 1.87 bits per heavy atom. The van der Waals surface area contributed by atoms with Gasteiger partial charge in [-0.2, -0.15) is 0 Å². The van der Waals surface area contributed by atoms with Crippen molar-refractivity contribution in [2.24, 2.45) is 17.6 Å². The van der Waals surface area contributed by atoms with Crippen molar-refractivity contribution in [2.45, 2.75) is 64.6 Å². The highest BCUT2D eigenvalue weighted by molar-refractivity contribution is 4.94. The summed E-state index contributed by atoms with van der Waals surface area (Å²) in [6.07, 6.45) is 5.61. The van der Waals surface area contributed by atoms with Gasteiger partial charge in [-0.15, -0.1) is 0 Å². The normalized spacial score (nSPS) is 39.4. The molecule has 4 unspecified atom stereocenters. The van der Waals surface area contributed by atoms with Crippen LogP contribution < -0.4 is 5.73 Å². The van der Waals surface area contributed by atoms with Crippen molar-refractivity contribution in [3.63, 3.8) is 0 Å². The van der Waals surface area contributed by atoms with E-state index in [1.165, 1.54) is 32.2 Å². The summed E-state index contributed by atoms with van der Waals surface area (Å²) in [6, 6.07) is 1.84. The van der Waals surface area contributed by atoms with Crippen molar-refractivity contribution in [3.05, 3.63) is 0 Å². The molecule has 2 aliphatic rings. The maximum absolute atomic E-state index is 6.14. The average molecular weight is 210 g/mol. The first-order chi connectivity index (χ1) is 7.09. The second kappa shape index (κ2) is 4.42. The van der Waals surface area contributed by atoms with E-state index in [4.69, 9.17) is 5.73 Å². The van der Waals surface area contributed by atoms with E-state index >= 15 is 0 Å². The topological polar surface area (TPSA) is 29.3 Å². The lowest BCUT2D eigenvalue weighted by Gasteiger charge is -2.50. The molecule has 2 bridgehead atoms. The number of fused-ring (bicyclic) bond motifs is 2. The summed E-state index contributed by atoms with van der Waals surface area (Å²) in [5, 5.41) is 0. The van der Waals surface area contributed by atoms with Gasteiger partial charge in [0, 0.05) is 18.1 Å². The van der Waals surface area contributed by atoms with Crippen molar-refractivity contribution in [2.75, 3.05) is 6.54 Å². The Morgan fingerprint density at radius 1 is 1.13 bits per heavy atom. The third-order valence-corrected chi connectivity index (χ3v) is 4.54. The van der Waals surface area contributed by atoms with Gasteiger partial charge in [0.15, 0.2) is 0 Å². The summed E-state index contributed by atoms with van der Waals surface area (Å²) in [7, 11) is 0. The van der Waals surface area contributed by atoms with Gasteiger partial charge in [-0.3, -0.25) is 4.90 Å². The van der Waals surface area contributed by atoms with Crippen LogP contribution in [0.4, 0.5) is 0 Å². The van der Waals surface area contributed by atoms with Crippen LogP contribution >= 0.6 is 0 Å². The minimum absolute atomic E-state index is 0.371. The van der Waals surface area contributed by atoms with E-state index in [0.717, 1.165) is 17.9 Å². The van der Waals surface area contributed by atoms with Crippen LogP contribution in [0.3, 0.4) is 0 Å². The van der Waals surface area contributed by atoms with Crippen LogP contribution in [0.5, 0.6) is 0 Å². The third kappa shape index (κ3) is 2.21. The lowest BCUT2D eigenvalue weighted by molar-refractivity contribution is 0.00336. The van der Waals surface area contributed by atoms with E-state index in [9.17, 15) is 0 Å². The SMILES string of the molecule is CC(N)C1CCC2CCN(C(C)C)C1C2. The van der Waals surface area contributed by atoms with Gasteiger partial charge in [0.2, 0.25) is 0 Å². The highest BCUT2D eigenvalue weighted by atomic mass is 15.2. The summed E-state index contributed by atoms with van der Waals surface area (Å²) in [5.74, 6) is 1.74. The van der Waals surface area contributed by atoms with Crippen LogP contribution in [0.2, 0.25) is 0 Å². The molecule has 0 spiro atoms. The molecule has 2 nitrogen and oxygen atoms in total. The zero-order chi connectivity index (χ0) is 11.0. The van der Waals surface area contributed by atoms with Gasteiger partial charge in [-0.1, -0.05) is 0 Å². The Morgan fingerprint density at radius 3 is 2.47 bits per heavy atom. The monoisotopic (exact) mass is 210 g/mol. The summed E-state index contributed by atoms with van der Waals surface area (Å²) in [4.78, 5) is 2.70. The number of hydrogen-bond donors (Lipinski definition) is 1. The fourth-order valence-electron chi connectivity index (χ4n) is 3.65. The molecule has 0 amide bonds. The zero-order valence-corrected chi connectivity index (χ0v) is 10.4. The molecule has 0 aromatic heterocycles. The largest absolute Gasteiger partial charge is 0.328 e. The number of nitrogens with two attached hydrogens (primary N) is 1. The molecule has 88 valence electrons. The molecule has 1 saturated carbocycles. The van der Waals surface area contributed by atoms with Gasteiger partial charge in [0.1, 0.15) is 0 Å². The van der Waals surface area contributed by atoms with E-state index in [1.54, 1.807) is 0 Å². The van der Waals surface area contributed by atoms with Gasteiger partial charge in [0.25, 0.3) is 0 Å². The molecule has 1 aliphatic heterocycles. The zero-order valence-electron chi connectivity index (χ0n) is 10.4. The minimum Gasteiger partial charge on any atom is -0.328 e. The second-order valence-corrected chi connectivity index (χ2v) is 5.89. The van der Waals surface area contributed by atoms with E-state index in [0.29, 0.717) is 12.1 Å². The molecule has 2 heteroatoms. The van der Waals surface area contributed by atoms with Crippen molar-refractivity contribution in [1.82, 2.24) is 4.90 Å². The minimum atomic E-state index is 0.371. The molecule has 0 aromatic carbocycles. The molecule has 15 heavy (non-hydrogen) atoms. The number of hydrogen-bond acceptors (Lipinski definition) is 2. The highest BCUT2D eigenvalue weighted by Gasteiger charge is 2.39. The number of piperidine rings is 1. The first kappa shape index (κ1) is 11.4. The molecule has 1 heterocycles. The van der Waals surface area contributed by atoms with Crippen molar-refractivity contribution in [1.29, 1.82) is 0 Å². The lowest BCUT2D eigenvalue weighted by atomic mass is 9.71. The fraction of sp³-hybridized carbons (Fsp3) is 1.00. The molecule has 2 rings (SSSR count). The maximum Gasteiger partial charge on any atom is 0.0143 e. The van der Waals surface area contributed by atoms with Gasteiger partial charge >= 0.3 is 0 Å². The molecule has 0 radical (unpaired) electrons. The summed E-state index contributed by atoms with van der Waals surface area (Å²) < 4.78 is 0. The van der Waals surface area contributed by atoms with Gasteiger partial charge in [-0.25, -0.2) is 0 Å². The van der Waals surface area contributed by atoms with Crippen molar-refractivity contribution in [3.8, 4) is 0 Å². The van der Waals surface area contributed by atoms with Gasteiger partial charge in [-0.05, 0) is 64.8 Å².